The quantitative estimate of drug-likeness (QED) is 0.820. The first-order valence-electron chi connectivity index (χ1n) is 6.37. The minimum Gasteiger partial charge on any atom is -0.491 e. The molecule has 1 saturated carbocycles. The van der Waals surface area contributed by atoms with E-state index in [0.29, 0.717) is 17.4 Å². The average molecular weight is 266 g/mol. The van der Waals surface area contributed by atoms with Gasteiger partial charge in [-0.25, -0.2) is 4.39 Å². The highest BCUT2D eigenvalue weighted by atomic mass is 19.1. The third-order valence-electron chi connectivity index (χ3n) is 3.30. The summed E-state index contributed by atoms with van der Waals surface area (Å²) in [7, 11) is 0. The van der Waals surface area contributed by atoms with Crippen molar-refractivity contribution >= 4 is 5.91 Å². The molecule has 1 aliphatic carbocycles. The molecule has 0 heterocycles. The summed E-state index contributed by atoms with van der Waals surface area (Å²) in [5.41, 5.74) is 5.22. The van der Waals surface area contributed by atoms with E-state index in [-0.39, 0.29) is 12.4 Å². The number of rotatable bonds is 6. The summed E-state index contributed by atoms with van der Waals surface area (Å²) in [6, 6.07) is 4.63. The second-order valence-electron chi connectivity index (χ2n) is 5.31. The van der Waals surface area contributed by atoms with Gasteiger partial charge in [0.1, 0.15) is 23.7 Å². The van der Waals surface area contributed by atoms with Crippen LogP contribution in [0.25, 0.3) is 0 Å². The summed E-state index contributed by atoms with van der Waals surface area (Å²) in [4.78, 5) is 11.6. The number of primary amides is 1. The van der Waals surface area contributed by atoms with E-state index >= 15 is 0 Å². The predicted molar refractivity (Wildman–Crippen MR) is 70.4 cm³/mol. The summed E-state index contributed by atoms with van der Waals surface area (Å²) in [6.45, 7) is 3.62. The fraction of sp³-hybridized carbons (Fsp3) is 0.500. The van der Waals surface area contributed by atoms with Gasteiger partial charge >= 0.3 is 0 Å². The van der Waals surface area contributed by atoms with Crippen molar-refractivity contribution in [2.75, 3.05) is 6.61 Å². The zero-order valence-electron chi connectivity index (χ0n) is 11.2. The molecule has 0 spiro atoms. The Hall–Kier alpha value is -1.62. The van der Waals surface area contributed by atoms with E-state index in [1.54, 1.807) is 19.9 Å². The minimum absolute atomic E-state index is 0.130. The molecule has 1 amide bonds. The van der Waals surface area contributed by atoms with Crippen LogP contribution in [0.1, 0.15) is 25.3 Å². The first-order chi connectivity index (χ1) is 8.90. The smallest absolute Gasteiger partial charge is 0.240 e. The Morgan fingerprint density at radius 3 is 2.79 bits per heavy atom. The average Bonchev–Trinajstić information content (AvgIpc) is 3.11. The molecule has 0 aromatic heterocycles. The Morgan fingerprint density at radius 1 is 1.58 bits per heavy atom. The molecule has 0 saturated heterocycles. The summed E-state index contributed by atoms with van der Waals surface area (Å²) in [5.74, 6) is -0.191. The molecular formula is C14H19FN2O2. The number of hydrogen-bond acceptors (Lipinski definition) is 3. The largest absolute Gasteiger partial charge is 0.491 e. The molecule has 1 fully saturated rings. The van der Waals surface area contributed by atoms with Gasteiger partial charge in [0.05, 0.1) is 0 Å². The number of benzene rings is 1. The van der Waals surface area contributed by atoms with Crippen LogP contribution >= 0.6 is 0 Å². The fourth-order valence-electron chi connectivity index (χ4n) is 1.86. The van der Waals surface area contributed by atoms with Crippen molar-refractivity contribution in [1.29, 1.82) is 0 Å². The van der Waals surface area contributed by atoms with Crippen LogP contribution in [0.5, 0.6) is 5.75 Å². The lowest BCUT2D eigenvalue weighted by Crippen LogP contribution is -2.57. The molecule has 104 valence electrons. The summed E-state index contributed by atoms with van der Waals surface area (Å²) in [5, 5.41) is 3.19. The highest BCUT2D eigenvalue weighted by Gasteiger charge is 2.37. The second-order valence-corrected chi connectivity index (χ2v) is 5.31. The molecule has 19 heavy (non-hydrogen) atoms. The maximum Gasteiger partial charge on any atom is 0.240 e. The standard InChI is InChI=1S/C14H19FN2O2/c1-9-7-10(15)3-6-12(9)19-8-14(2,13(16)18)17-11-4-5-11/h3,6-7,11,17H,4-5,8H2,1-2H3,(H2,16,18). The first kappa shape index (κ1) is 13.8. The second kappa shape index (κ2) is 5.17. The predicted octanol–water partition coefficient (Wildman–Crippen LogP) is 1.51. The number of carbonyl (C=O) groups excluding carboxylic acids is 1. The summed E-state index contributed by atoms with van der Waals surface area (Å²) < 4.78 is 18.6. The fourth-order valence-corrected chi connectivity index (χ4v) is 1.86. The Labute approximate surface area is 112 Å². The van der Waals surface area contributed by atoms with Gasteiger partial charge in [0.25, 0.3) is 0 Å². The van der Waals surface area contributed by atoms with Crippen LogP contribution in [0.3, 0.4) is 0 Å². The van der Waals surface area contributed by atoms with E-state index in [1.807, 2.05) is 0 Å². The first-order valence-corrected chi connectivity index (χ1v) is 6.37. The van der Waals surface area contributed by atoms with Crippen molar-refractivity contribution in [3.05, 3.63) is 29.6 Å². The molecule has 1 unspecified atom stereocenters. The van der Waals surface area contributed by atoms with Crippen molar-refractivity contribution in [3.8, 4) is 5.75 Å². The van der Waals surface area contributed by atoms with Gasteiger partial charge in [0.2, 0.25) is 5.91 Å². The zero-order valence-corrected chi connectivity index (χ0v) is 11.2. The lowest BCUT2D eigenvalue weighted by Gasteiger charge is -2.27. The normalized spacial score (nSPS) is 17.8. The van der Waals surface area contributed by atoms with Gasteiger partial charge in [0.15, 0.2) is 0 Å². The molecule has 1 aliphatic rings. The molecule has 1 atom stereocenters. The molecule has 0 aliphatic heterocycles. The number of aryl methyl sites for hydroxylation is 1. The van der Waals surface area contributed by atoms with Gasteiger partial charge < -0.3 is 10.5 Å². The maximum absolute atomic E-state index is 13.0. The molecule has 3 N–H and O–H groups in total. The van der Waals surface area contributed by atoms with E-state index in [2.05, 4.69) is 5.32 Å². The van der Waals surface area contributed by atoms with Gasteiger partial charge in [-0.15, -0.1) is 0 Å². The Balaban J connectivity index is 2.03. The SMILES string of the molecule is Cc1cc(F)ccc1OCC(C)(NC1CC1)C(N)=O. The third kappa shape index (κ3) is 3.44. The van der Waals surface area contributed by atoms with Gasteiger partial charge in [-0.3, -0.25) is 10.1 Å². The number of nitrogens with two attached hydrogens (primary N) is 1. The molecule has 1 aromatic carbocycles. The van der Waals surface area contributed by atoms with Crippen LogP contribution in [0.2, 0.25) is 0 Å². The molecule has 4 nitrogen and oxygen atoms in total. The van der Waals surface area contributed by atoms with Crippen LogP contribution in [0.4, 0.5) is 4.39 Å². The Bertz CT molecular complexity index is 488. The highest BCUT2D eigenvalue weighted by molar-refractivity contribution is 5.84. The van der Waals surface area contributed by atoms with Crippen molar-refractivity contribution in [1.82, 2.24) is 5.32 Å². The monoisotopic (exact) mass is 266 g/mol. The van der Waals surface area contributed by atoms with E-state index in [1.165, 1.54) is 12.1 Å². The highest BCUT2D eigenvalue weighted by Crippen LogP contribution is 2.24. The minimum atomic E-state index is -0.901. The van der Waals surface area contributed by atoms with Crippen LogP contribution in [0, 0.1) is 12.7 Å². The van der Waals surface area contributed by atoms with E-state index in [0.717, 1.165) is 12.8 Å². The topological polar surface area (TPSA) is 64.3 Å². The number of carbonyl (C=O) groups is 1. The van der Waals surface area contributed by atoms with Crippen LogP contribution < -0.4 is 15.8 Å². The number of nitrogens with one attached hydrogen (secondary N) is 1. The van der Waals surface area contributed by atoms with Gasteiger partial charge in [0, 0.05) is 6.04 Å². The van der Waals surface area contributed by atoms with Gasteiger partial charge in [-0.1, -0.05) is 0 Å². The van der Waals surface area contributed by atoms with Crippen LogP contribution in [-0.2, 0) is 4.79 Å². The van der Waals surface area contributed by atoms with Crippen molar-refractivity contribution in [2.45, 2.75) is 38.3 Å². The molecular weight excluding hydrogens is 247 g/mol. The Morgan fingerprint density at radius 2 is 2.26 bits per heavy atom. The number of amides is 1. The van der Waals surface area contributed by atoms with Gasteiger partial charge in [-0.2, -0.15) is 0 Å². The van der Waals surface area contributed by atoms with E-state index < -0.39 is 11.4 Å². The molecule has 0 radical (unpaired) electrons. The molecule has 2 rings (SSSR count). The summed E-state index contributed by atoms with van der Waals surface area (Å²) in [6.07, 6.45) is 2.11. The number of ether oxygens (including phenoxy) is 1. The number of hydrogen-bond donors (Lipinski definition) is 2. The molecule has 1 aromatic rings. The van der Waals surface area contributed by atoms with Crippen LogP contribution in [-0.4, -0.2) is 24.1 Å². The lowest BCUT2D eigenvalue weighted by molar-refractivity contribution is -0.125. The third-order valence-corrected chi connectivity index (χ3v) is 3.30. The Kier molecular flexibility index (Phi) is 3.75. The lowest BCUT2D eigenvalue weighted by atomic mass is 10.0. The number of halogens is 1. The molecule has 0 bridgehead atoms. The van der Waals surface area contributed by atoms with E-state index in [9.17, 15) is 9.18 Å². The summed E-state index contributed by atoms with van der Waals surface area (Å²) >= 11 is 0. The zero-order chi connectivity index (χ0) is 14.0. The van der Waals surface area contributed by atoms with Crippen LogP contribution in [0.15, 0.2) is 18.2 Å². The van der Waals surface area contributed by atoms with Crippen molar-refractivity contribution in [3.63, 3.8) is 0 Å². The van der Waals surface area contributed by atoms with Gasteiger partial charge in [-0.05, 0) is 50.5 Å². The van der Waals surface area contributed by atoms with Crippen molar-refractivity contribution in [2.24, 2.45) is 5.73 Å². The van der Waals surface area contributed by atoms with E-state index in [4.69, 9.17) is 10.5 Å². The maximum atomic E-state index is 13.0. The van der Waals surface area contributed by atoms with Crippen molar-refractivity contribution < 1.29 is 13.9 Å². The molecule has 5 heteroatoms.